The highest BCUT2D eigenvalue weighted by Crippen LogP contribution is 2.31. The van der Waals surface area contributed by atoms with E-state index in [4.69, 9.17) is 32.7 Å². The predicted octanol–water partition coefficient (Wildman–Crippen LogP) is 4.57. The van der Waals surface area contributed by atoms with Crippen molar-refractivity contribution in [3.05, 3.63) is 88.3 Å². The smallest absolute Gasteiger partial charge is 0.269 e. The Morgan fingerprint density at radius 1 is 0.689 bits per heavy atom. The van der Waals surface area contributed by atoms with Gasteiger partial charge in [-0.1, -0.05) is 36.4 Å². The van der Waals surface area contributed by atoms with E-state index in [9.17, 15) is 4.79 Å². The van der Waals surface area contributed by atoms with Crippen molar-refractivity contribution in [1.29, 1.82) is 0 Å². The lowest BCUT2D eigenvalue weighted by Gasteiger charge is -2.41. The second-order valence-corrected chi connectivity index (χ2v) is 11.6. The van der Waals surface area contributed by atoms with E-state index < -0.39 is 0 Å². The first-order valence-corrected chi connectivity index (χ1v) is 16.2. The maximum atomic E-state index is 13.3. The van der Waals surface area contributed by atoms with Crippen LogP contribution in [0.5, 0.6) is 11.5 Å². The molecule has 2 aromatic carbocycles. The van der Waals surface area contributed by atoms with Gasteiger partial charge in [0.05, 0.1) is 18.3 Å². The largest absolute Gasteiger partial charge is 0.492 e. The third kappa shape index (κ3) is 10.5. The van der Waals surface area contributed by atoms with Crippen LogP contribution in [0.3, 0.4) is 0 Å². The molecular weight excluding hydrogens is 658 g/mol. The van der Waals surface area contributed by atoms with E-state index in [0.717, 1.165) is 82.5 Å². The zero-order valence-corrected chi connectivity index (χ0v) is 28.6. The monoisotopic (exact) mass is 700 g/mol. The summed E-state index contributed by atoms with van der Waals surface area (Å²) in [6.45, 7) is 9.94. The Labute approximate surface area is 288 Å². The molecule has 5 rings (SSSR count). The number of para-hydroxylation sites is 2. The van der Waals surface area contributed by atoms with Crippen LogP contribution in [-0.2, 0) is 0 Å². The number of nitrogens with one attached hydrogen (secondary N) is 1. The predicted molar refractivity (Wildman–Crippen MR) is 186 cm³/mol. The van der Waals surface area contributed by atoms with E-state index >= 15 is 0 Å². The van der Waals surface area contributed by atoms with Crippen LogP contribution in [-0.4, -0.2) is 120 Å². The van der Waals surface area contributed by atoms with Gasteiger partial charge in [-0.05, 0) is 24.3 Å². The summed E-state index contributed by atoms with van der Waals surface area (Å²) in [7, 11) is 0. The number of aromatic nitrogens is 2. The van der Waals surface area contributed by atoms with Gasteiger partial charge in [-0.2, -0.15) is 5.10 Å². The fourth-order valence-electron chi connectivity index (χ4n) is 5.98. The van der Waals surface area contributed by atoms with Gasteiger partial charge in [-0.25, -0.2) is 5.10 Å². The second-order valence-electron chi connectivity index (χ2n) is 11.0. The molecule has 0 aliphatic carbocycles. The van der Waals surface area contributed by atoms with Crippen LogP contribution in [0.2, 0.25) is 0 Å². The molecule has 2 saturated heterocycles. The van der Waals surface area contributed by atoms with Gasteiger partial charge < -0.3 is 9.47 Å². The van der Waals surface area contributed by atoms with Crippen molar-refractivity contribution in [3.63, 3.8) is 0 Å². The lowest BCUT2D eigenvalue weighted by atomic mass is 9.96. The Hall–Kier alpha value is -2.08. The number of ether oxygens (including phenoxy) is 2. The van der Waals surface area contributed by atoms with E-state index in [1.807, 2.05) is 60.7 Å². The quantitative estimate of drug-likeness (QED) is 0.245. The van der Waals surface area contributed by atoms with Crippen molar-refractivity contribution in [1.82, 2.24) is 29.8 Å². The minimum atomic E-state index is -0.215. The molecule has 0 amide bonds. The Bertz CT molecular complexity index is 1290. The molecule has 9 nitrogen and oxygen atoms in total. The highest BCUT2D eigenvalue weighted by molar-refractivity contribution is 6.18. The third-order valence-corrected chi connectivity index (χ3v) is 9.03. The minimum Gasteiger partial charge on any atom is -0.492 e. The maximum Gasteiger partial charge on any atom is 0.269 e. The highest BCUT2D eigenvalue weighted by atomic mass is 35.5. The molecule has 3 aromatic rings. The van der Waals surface area contributed by atoms with Crippen LogP contribution in [0.1, 0.15) is 23.2 Å². The summed E-state index contributed by atoms with van der Waals surface area (Å²) >= 11 is 13.2. The standard InChI is InChI=1S/C32H42Cl2N6O3.2ClH/c33-23-29(39-15-11-37(12-16-39)19-21-42-26-7-3-1-4-8-26)28-25-35-36-32(41)31(28)30(24-34)40-17-13-38(14-18-40)20-22-43-27-9-5-2-6-10-27;;/h1-10,25,29-30H,11-24H2,(H,36,41);2*1H. The topological polar surface area (TPSA) is 77.2 Å². The van der Waals surface area contributed by atoms with E-state index in [-0.39, 0.29) is 42.5 Å². The summed E-state index contributed by atoms with van der Waals surface area (Å²) in [6, 6.07) is 19.5. The fourth-order valence-corrected chi connectivity index (χ4v) is 6.69. The molecule has 2 aliphatic rings. The summed E-state index contributed by atoms with van der Waals surface area (Å²) < 4.78 is 11.8. The minimum absolute atomic E-state index is 0. The number of alkyl halides is 2. The number of benzene rings is 2. The first-order chi connectivity index (χ1) is 21.2. The number of piperazine rings is 2. The Morgan fingerprint density at radius 2 is 1.13 bits per heavy atom. The average Bonchev–Trinajstić information content (AvgIpc) is 3.05. The first-order valence-electron chi connectivity index (χ1n) is 15.1. The van der Waals surface area contributed by atoms with Crippen molar-refractivity contribution < 1.29 is 9.47 Å². The van der Waals surface area contributed by atoms with Gasteiger partial charge in [0.15, 0.2) is 0 Å². The molecule has 0 spiro atoms. The number of nitrogens with zero attached hydrogens (tertiary/aromatic N) is 5. The van der Waals surface area contributed by atoms with Crippen LogP contribution in [0.25, 0.3) is 0 Å². The molecular formula is C32H44Cl4N6O3. The Balaban J connectivity index is 0.00000276. The molecule has 0 bridgehead atoms. The third-order valence-electron chi connectivity index (χ3n) is 8.44. The van der Waals surface area contributed by atoms with Crippen LogP contribution in [0.15, 0.2) is 71.7 Å². The van der Waals surface area contributed by atoms with Crippen LogP contribution in [0.4, 0.5) is 0 Å². The van der Waals surface area contributed by atoms with Crippen LogP contribution >= 0.6 is 48.0 Å². The number of hydrogen-bond acceptors (Lipinski definition) is 8. The van der Waals surface area contributed by atoms with Crippen molar-refractivity contribution in [2.45, 2.75) is 12.1 Å². The lowest BCUT2D eigenvalue weighted by Crippen LogP contribution is -2.51. The zero-order valence-electron chi connectivity index (χ0n) is 25.4. The van der Waals surface area contributed by atoms with Gasteiger partial charge in [0.2, 0.25) is 0 Å². The van der Waals surface area contributed by atoms with Gasteiger partial charge in [0.25, 0.3) is 5.56 Å². The first kappa shape index (κ1) is 37.4. The van der Waals surface area contributed by atoms with Crippen molar-refractivity contribution in [2.24, 2.45) is 0 Å². The maximum absolute atomic E-state index is 13.3. The SMILES string of the molecule is Cl.Cl.O=c1[nH]ncc(C(CCl)N2CCN(CCOc3ccccc3)CC2)c1C(CCl)N1CCN(CCOc2ccccc2)CC1. The molecule has 2 aliphatic heterocycles. The molecule has 3 heterocycles. The van der Waals surface area contributed by atoms with E-state index in [0.29, 0.717) is 30.5 Å². The molecule has 2 fully saturated rings. The molecule has 0 saturated carbocycles. The fraction of sp³-hybridized carbons (Fsp3) is 0.500. The van der Waals surface area contributed by atoms with Crippen molar-refractivity contribution >= 4 is 48.0 Å². The van der Waals surface area contributed by atoms with Gasteiger partial charge in [0.1, 0.15) is 24.7 Å². The van der Waals surface area contributed by atoms with Crippen LogP contribution in [0, 0.1) is 0 Å². The van der Waals surface area contributed by atoms with Crippen molar-refractivity contribution in [2.75, 3.05) is 90.4 Å². The van der Waals surface area contributed by atoms with Gasteiger partial charge in [-0.15, -0.1) is 48.0 Å². The molecule has 13 heteroatoms. The van der Waals surface area contributed by atoms with Crippen molar-refractivity contribution in [3.8, 4) is 11.5 Å². The molecule has 2 unspecified atom stereocenters. The normalized spacial score (nSPS) is 17.9. The van der Waals surface area contributed by atoms with E-state index in [1.54, 1.807) is 6.20 Å². The lowest BCUT2D eigenvalue weighted by molar-refractivity contribution is 0.0851. The van der Waals surface area contributed by atoms with Gasteiger partial charge >= 0.3 is 0 Å². The Kier molecular flexibility index (Phi) is 16.2. The van der Waals surface area contributed by atoms with E-state index in [1.165, 1.54) is 0 Å². The number of rotatable bonds is 14. The van der Waals surface area contributed by atoms with E-state index in [2.05, 4.69) is 29.8 Å². The summed E-state index contributed by atoms with van der Waals surface area (Å²) in [6.07, 6.45) is 1.78. The zero-order chi connectivity index (χ0) is 29.9. The summed E-state index contributed by atoms with van der Waals surface area (Å²) in [4.78, 5) is 22.8. The number of H-pyrrole nitrogens is 1. The average molecular weight is 703 g/mol. The molecule has 0 radical (unpaired) electrons. The summed E-state index contributed by atoms with van der Waals surface area (Å²) in [5, 5.41) is 6.86. The number of aromatic amines is 1. The molecule has 45 heavy (non-hydrogen) atoms. The van der Waals surface area contributed by atoms with Gasteiger partial charge in [0, 0.05) is 88.3 Å². The highest BCUT2D eigenvalue weighted by Gasteiger charge is 2.33. The van der Waals surface area contributed by atoms with Gasteiger partial charge in [-0.3, -0.25) is 24.4 Å². The molecule has 248 valence electrons. The molecule has 2 atom stereocenters. The Morgan fingerprint density at radius 3 is 1.58 bits per heavy atom. The number of hydrogen-bond donors (Lipinski definition) is 1. The molecule has 1 aromatic heterocycles. The molecule has 1 N–H and O–H groups in total. The second kappa shape index (κ2) is 19.6. The van der Waals surface area contributed by atoms with Crippen LogP contribution < -0.4 is 15.0 Å². The summed E-state index contributed by atoms with van der Waals surface area (Å²) in [5.74, 6) is 2.48. The summed E-state index contributed by atoms with van der Waals surface area (Å²) in [5.41, 5.74) is 1.38. The number of halogens is 4.